The topological polar surface area (TPSA) is 46.2 Å². The number of aryl methyl sites for hydroxylation is 1. The molecular formula is C20H23NO2. The summed E-state index contributed by atoms with van der Waals surface area (Å²) < 4.78 is 0. The lowest BCUT2D eigenvalue weighted by Gasteiger charge is -2.08. The van der Waals surface area contributed by atoms with Crippen molar-refractivity contribution in [2.45, 2.75) is 33.6 Å². The summed E-state index contributed by atoms with van der Waals surface area (Å²) in [6.45, 7) is 6.00. The zero-order chi connectivity index (χ0) is 16.8. The Bertz CT molecular complexity index is 670. The van der Waals surface area contributed by atoms with Crippen LogP contribution in [0.5, 0.6) is 0 Å². The summed E-state index contributed by atoms with van der Waals surface area (Å²) in [6.07, 6.45) is 0.387. The van der Waals surface area contributed by atoms with Crippen LogP contribution in [0.25, 0.3) is 11.1 Å². The Morgan fingerprint density at radius 1 is 0.913 bits per heavy atom. The van der Waals surface area contributed by atoms with Gasteiger partial charge in [0.1, 0.15) is 5.78 Å². The number of carbonyl (C=O) groups excluding carboxylic acids is 2. The van der Waals surface area contributed by atoms with Crippen LogP contribution >= 0.6 is 0 Å². The number of benzene rings is 2. The van der Waals surface area contributed by atoms with E-state index in [1.54, 1.807) is 0 Å². The van der Waals surface area contributed by atoms with E-state index in [0.717, 1.165) is 11.1 Å². The monoisotopic (exact) mass is 309 g/mol. The van der Waals surface area contributed by atoms with Crippen molar-refractivity contribution >= 4 is 17.4 Å². The Balaban J connectivity index is 1.96. The first kappa shape index (κ1) is 16.9. The van der Waals surface area contributed by atoms with Crippen LogP contribution in [0.15, 0.2) is 48.5 Å². The molecule has 0 aliphatic rings. The molecule has 23 heavy (non-hydrogen) atoms. The van der Waals surface area contributed by atoms with Crippen LogP contribution in [0.4, 0.5) is 5.69 Å². The zero-order valence-electron chi connectivity index (χ0n) is 13.9. The molecule has 1 amide bonds. The molecule has 0 saturated carbocycles. The number of nitrogens with one attached hydrogen (secondary N) is 1. The molecule has 3 nitrogen and oxygen atoms in total. The smallest absolute Gasteiger partial charge is 0.231 e. The van der Waals surface area contributed by atoms with Crippen molar-refractivity contribution in [3.8, 4) is 11.1 Å². The predicted octanol–water partition coefficient (Wildman–Crippen LogP) is 4.61. The molecule has 0 spiro atoms. The Labute approximate surface area is 137 Å². The summed E-state index contributed by atoms with van der Waals surface area (Å²) >= 11 is 0. The molecule has 120 valence electrons. The van der Waals surface area contributed by atoms with Crippen molar-refractivity contribution in [1.82, 2.24) is 0 Å². The second kappa shape index (κ2) is 7.73. The van der Waals surface area contributed by atoms with E-state index in [9.17, 15) is 9.59 Å². The third-order valence-electron chi connectivity index (χ3n) is 3.55. The second-order valence-corrected chi connectivity index (χ2v) is 6.30. The maximum Gasteiger partial charge on any atom is 0.231 e. The first-order chi connectivity index (χ1) is 10.9. The first-order valence-corrected chi connectivity index (χ1v) is 7.92. The molecule has 0 fully saturated rings. The molecule has 0 atom stereocenters. The second-order valence-electron chi connectivity index (χ2n) is 6.30. The molecule has 0 aliphatic carbocycles. The van der Waals surface area contributed by atoms with E-state index < -0.39 is 0 Å². The lowest BCUT2D eigenvalue weighted by molar-refractivity contribution is -0.125. The van der Waals surface area contributed by atoms with Crippen molar-refractivity contribution in [3.05, 3.63) is 54.1 Å². The fourth-order valence-electron chi connectivity index (χ4n) is 2.40. The summed E-state index contributed by atoms with van der Waals surface area (Å²) in [6, 6.07) is 16.0. The maximum atomic E-state index is 11.9. The van der Waals surface area contributed by atoms with Crippen LogP contribution in [0.1, 0.15) is 32.3 Å². The van der Waals surface area contributed by atoms with Gasteiger partial charge in [0.2, 0.25) is 5.91 Å². The zero-order valence-corrected chi connectivity index (χ0v) is 13.9. The van der Waals surface area contributed by atoms with Gasteiger partial charge in [-0.25, -0.2) is 0 Å². The molecule has 0 saturated heterocycles. The van der Waals surface area contributed by atoms with E-state index in [1.807, 2.05) is 38.1 Å². The summed E-state index contributed by atoms with van der Waals surface area (Å²) in [4.78, 5) is 23.5. The van der Waals surface area contributed by atoms with E-state index >= 15 is 0 Å². The van der Waals surface area contributed by atoms with Gasteiger partial charge < -0.3 is 5.32 Å². The normalized spacial score (nSPS) is 10.6. The SMILES string of the molecule is Cc1ccc(-c2ccc(NC(=O)CC(=O)CC(C)C)cc2)cc1. The maximum absolute atomic E-state index is 11.9. The van der Waals surface area contributed by atoms with Crippen molar-refractivity contribution in [1.29, 1.82) is 0 Å². The van der Waals surface area contributed by atoms with E-state index in [1.165, 1.54) is 5.56 Å². The van der Waals surface area contributed by atoms with Crippen molar-refractivity contribution in [2.24, 2.45) is 5.92 Å². The minimum atomic E-state index is -0.251. The summed E-state index contributed by atoms with van der Waals surface area (Å²) in [7, 11) is 0. The highest BCUT2D eigenvalue weighted by atomic mass is 16.2. The van der Waals surface area contributed by atoms with Gasteiger partial charge in [0.05, 0.1) is 6.42 Å². The quantitative estimate of drug-likeness (QED) is 0.792. The highest BCUT2D eigenvalue weighted by molar-refractivity contribution is 6.04. The Hall–Kier alpha value is -2.42. The highest BCUT2D eigenvalue weighted by Gasteiger charge is 2.11. The molecule has 0 radical (unpaired) electrons. The molecule has 3 heteroatoms. The number of hydrogen-bond acceptors (Lipinski definition) is 2. The van der Waals surface area contributed by atoms with Gasteiger partial charge in [-0.15, -0.1) is 0 Å². The van der Waals surface area contributed by atoms with Gasteiger partial charge in [-0.05, 0) is 36.1 Å². The highest BCUT2D eigenvalue weighted by Crippen LogP contribution is 2.22. The molecule has 0 heterocycles. The number of rotatable bonds is 6. The van der Waals surface area contributed by atoms with Crippen molar-refractivity contribution in [2.75, 3.05) is 5.32 Å². The third kappa shape index (κ3) is 5.37. The first-order valence-electron chi connectivity index (χ1n) is 7.92. The van der Waals surface area contributed by atoms with E-state index in [-0.39, 0.29) is 24.0 Å². The Morgan fingerprint density at radius 2 is 1.43 bits per heavy atom. The van der Waals surface area contributed by atoms with Crippen LogP contribution in [0.3, 0.4) is 0 Å². The number of anilines is 1. The van der Waals surface area contributed by atoms with Gasteiger partial charge in [0, 0.05) is 12.1 Å². The van der Waals surface area contributed by atoms with Crippen molar-refractivity contribution < 1.29 is 9.59 Å². The molecule has 0 bridgehead atoms. The summed E-state index contributed by atoms with van der Waals surface area (Å²) in [5, 5.41) is 2.77. The summed E-state index contributed by atoms with van der Waals surface area (Å²) in [5.74, 6) is 0.0107. The molecule has 2 rings (SSSR count). The molecule has 2 aromatic rings. The minimum Gasteiger partial charge on any atom is -0.326 e. The van der Waals surface area contributed by atoms with Crippen molar-refractivity contribution in [3.63, 3.8) is 0 Å². The lowest BCUT2D eigenvalue weighted by Crippen LogP contribution is -2.17. The van der Waals surface area contributed by atoms with Gasteiger partial charge in [-0.1, -0.05) is 55.8 Å². The average Bonchev–Trinajstić information content (AvgIpc) is 2.48. The van der Waals surface area contributed by atoms with E-state index in [4.69, 9.17) is 0 Å². The predicted molar refractivity (Wildman–Crippen MR) is 94.3 cm³/mol. The number of amides is 1. The summed E-state index contributed by atoms with van der Waals surface area (Å²) in [5.41, 5.74) is 4.17. The molecule has 2 aromatic carbocycles. The number of ketones is 1. The van der Waals surface area contributed by atoms with Crippen LogP contribution in [-0.4, -0.2) is 11.7 Å². The lowest BCUT2D eigenvalue weighted by atomic mass is 10.0. The van der Waals surface area contributed by atoms with Gasteiger partial charge in [-0.3, -0.25) is 9.59 Å². The van der Waals surface area contributed by atoms with E-state index in [2.05, 4.69) is 36.5 Å². The number of hydrogen-bond donors (Lipinski definition) is 1. The molecule has 0 aliphatic heterocycles. The van der Waals surface area contributed by atoms with Gasteiger partial charge in [0.25, 0.3) is 0 Å². The van der Waals surface area contributed by atoms with Gasteiger partial charge in [0.15, 0.2) is 0 Å². The van der Waals surface area contributed by atoms with Crippen LogP contribution in [-0.2, 0) is 9.59 Å². The van der Waals surface area contributed by atoms with Gasteiger partial charge in [-0.2, -0.15) is 0 Å². The Morgan fingerprint density at radius 3 is 1.96 bits per heavy atom. The van der Waals surface area contributed by atoms with Crippen LogP contribution in [0.2, 0.25) is 0 Å². The van der Waals surface area contributed by atoms with E-state index in [0.29, 0.717) is 12.1 Å². The Kier molecular flexibility index (Phi) is 5.69. The fraction of sp³-hybridized carbons (Fsp3) is 0.300. The van der Waals surface area contributed by atoms with Crippen LogP contribution < -0.4 is 5.32 Å². The van der Waals surface area contributed by atoms with Crippen LogP contribution in [0, 0.1) is 12.8 Å². The van der Waals surface area contributed by atoms with Gasteiger partial charge >= 0.3 is 0 Å². The third-order valence-corrected chi connectivity index (χ3v) is 3.55. The molecule has 1 N–H and O–H groups in total. The number of Topliss-reactive ketones (excluding diaryl/α,β-unsaturated/α-hetero) is 1. The minimum absolute atomic E-state index is 0.0197. The molecular weight excluding hydrogens is 286 g/mol. The average molecular weight is 309 g/mol. The number of carbonyl (C=O) groups is 2. The fourth-order valence-corrected chi connectivity index (χ4v) is 2.40. The standard InChI is InChI=1S/C20H23NO2/c1-14(2)12-19(22)13-20(23)21-18-10-8-17(9-11-18)16-6-4-15(3)5-7-16/h4-11,14H,12-13H2,1-3H3,(H,21,23). The molecule has 0 unspecified atom stereocenters. The largest absolute Gasteiger partial charge is 0.326 e. The molecule has 0 aromatic heterocycles.